The molecule has 1 aliphatic heterocycles. The van der Waals surface area contributed by atoms with Gasteiger partial charge in [-0.1, -0.05) is 36.0 Å². The number of nitrogens with one attached hydrogen (secondary N) is 1. The molecule has 0 radical (unpaired) electrons. The molecule has 0 saturated carbocycles. The summed E-state index contributed by atoms with van der Waals surface area (Å²) in [6, 6.07) is 0. The van der Waals surface area contributed by atoms with Crippen LogP contribution in [0.5, 0.6) is 0 Å². The van der Waals surface area contributed by atoms with Crippen molar-refractivity contribution in [1.29, 1.82) is 0 Å². The third-order valence-corrected chi connectivity index (χ3v) is 2.57. The Labute approximate surface area is 103 Å². The second kappa shape index (κ2) is 6.04. The molecule has 0 bridgehead atoms. The molecule has 1 N–H and O–H groups in total. The highest BCUT2D eigenvalue weighted by atomic mass is 16.2. The van der Waals surface area contributed by atoms with E-state index >= 15 is 0 Å². The highest BCUT2D eigenvalue weighted by Crippen LogP contribution is 2.26. The molecule has 1 aliphatic rings. The first-order valence-corrected chi connectivity index (χ1v) is 5.80. The number of hydrogen-bond acceptors (Lipinski definition) is 1. The third-order valence-electron chi connectivity index (χ3n) is 2.57. The Bertz CT molecular complexity index is 459. The summed E-state index contributed by atoms with van der Waals surface area (Å²) in [7, 11) is 0. The first kappa shape index (κ1) is 13.2. The number of hydrogen-bond donors (Lipinski definition) is 1. The van der Waals surface area contributed by atoms with E-state index in [-0.39, 0.29) is 5.91 Å². The zero-order valence-corrected chi connectivity index (χ0v) is 10.9. The van der Waals surface area contributed by atoms with Crippen molar-refractivity contribution in [2.24, 2.45) is 0 Å². The van der Waals surface area contributed by atoms with Crippen molar-refractivity contribution in [3.05, 3.63) is 58.9 Å². The standard InChI is InChI=1S/C15H19NO/c1-5-8-9-11(4)10-13-12(6-2)14(7-3)16-15(13)17/h5-10H,1-4H3,(H,16,17)/b8-5-,11-9+,12-6-,13-10+,14-7+. The molecule has 0 aromatic carbocycles. The Kier molecular flexibility index (Phi) is 4.70. The minimum absolute atomic E-state index is 0.0283. The van der Waals surface area contributed by atoms with E-state index in [0.717, 1.165) is 22.4 Å². The largest absolute Gasteiger partial charge is 0.322 e. The predicted octanol–water partition coefficient (Wildman–Crippen LogP) is 3.42. The van der Waals surface area contributed by atoms with E-state index in [0.29, 0.717) is 0 Å². The molecule has 1 saturated heterocycles. The van der Waals surface area contributed by atoms with E-state index in [1.54, 1.807) is 0 Å². The monoisotopic (exact) mass is 229 g/mol. The van der Waals surface area contributed by atoms with Crippen LogP contribution in [0.4, 0.5) is 0 Å². The minimum atomic E-state index is -0.0283. The fourth-order valence-corrected chi connectivity index (χ4v) is 1.73. The van der Waals surface area contributed by atoms with Gasteiger partial charge >= 0.3 is 0 Å². The SMILES string of the molecule is C\C=C/C=C(C)/C=C1/C(=O)NC(=C/C)/C1=C\C. The second-order valence-corrected chi connectivity index (χ2v) is 3.85. The fourth-order valence-electron chi connectivity index (χ4n) is 1.73. The van der Waals surface area contributed by atoms with E-state index < -0.39 is 0 Å². The maximum Gasteiger partial charge on any atom is 0.256 e. The molecule has 0 aliphatic carbocycles. The van der Waals surface area contributed by atoms with Crippen molar-refractivity contribution in [1.82, 2.24) is 5.32 Å². The summed E-state index contributed by atoms with van der Waals surface area (Å²) in [6.45, 7) is 7.82. The summed E-state index contributed by atoms with van der Waals surface area (Å²) >= 11 is 0. The molecule has 0 aromatic heterocycles. The highest BCUT2D eigenvalue weighted by Gasteiger charge is 2.25. The molecule has 0 spiro atoms. The van der Waals surface area contributed by atoms with E-state index in [1.165, 1.54) is 0 Å². The van der Waals surface area contributed by atoms with Crippen molar-refractivity contribution >= 4 is 5.91 Å². The topological polar surface area (TPSA) is 29.1 Å². The lowest BCUT2D eigenvalue weighted by Crippen LogP contribution is -2.13. The Hall–Kier alpha value is -1.83. The van der Waals surface area contributed by atoms with Gasteiger partial charge in [0.05, 0.1) is 0 Å². The summed E-state index contributed by atoms with van der Waals surface area (Å²) < 4.78 is 0. The van der Waals surface area contributed by atoms with Crippen LogP contribution in [0.3, 0.4) is 0 Å². The number of allylic oxidation sites excluding steroid dienone is 8. The minimum Gasteiger partial charge on any atom is -0.322 e. The Morgan fingerprint density at radius 1 is 1.12 bits per heavy atom. The van der Waals surface area contributed by atoms with Gasteiger partial charge in [-0.05, 0) is 33.8 Å². The molecule has 1 amide bonds. The normalized spacial score (nSPS) is 24.4. The van der Waals surface area contributed by atoms with Crippen molar-refractivity contribution < 1.29 is 4.79 Å². The van der Waals surface area contributed by atoms with E-state index in [2.05, 4.69) is 5.32 Å². The van der Waals surface area contributed by atoms with Crippen LogP contribution in [0.2, 0.25) is 0 Å². The molecule has 90 valence electrons. The maximum atomic E-state index is 11.8. The lowest BCUT2D eigenvalue weighted by molar-refractivity contribution is -0.115. The van der Waals surface area contributed by atoms with Crippen molar-refractivity contribution in [3.8, 4) is 0 Å². The summed E-state index contributed by atoms with van der Waals surface area (Å²) in [4.78, 5) is 11.8. The second-order valence-electron chi connectivity index (χ2n) is 3.85. The van der Waals surface area contributed by atoms with Gasteiger partial charge in [-0.15, -0.1) is 0 Å². The predicted molar refractivity (Wildman–Crippen MR) is 72.3 cm³/mol. The molecular weight excluding hydrogens is 210 g/mol. The maximum absolute atomic E-state index is 11.8. The summed E-state index contributed by atoms with van der Waals surface area (Å²) in [6.07, 6.45) is 11.7. The molecule has 0 aromatic rings. The quantitative estimate of drug-likeness (QED) is 0.570. The van der Waals surface area contributed by atoms with Crippen LogP contribution in [-0.2, 0) is 4.79 Å². The molecule has 17 heavy (non-hydrogen) atoms. The van der Waals surface area contributed by atoms with Gasteiger partial charge in [0.25, 0.3) is 5.91 Å². The van der Waals surface area contributed by atoms with Gasteiger partial charge in [-0.25, -0.2) is 0 Å². The molecule has 1 heterocycles. The summed E-state index contributed by atoms with van der Waals surface area (Å²) in [5.74, 6) is -0.0283. The smallest absolute Gasteiger partial charge is 0.256 e. The number of carbonyl (C=O) groups excluding carboxylic acids is 1. The average Bonchev–Trinajstić information content (AvgIpc) is 2.63. The van der Waals surface area contributed by atoms with Crippen LogP contribution in [0, 0.1) is 0 Å². The molecule has 0 unspecified atom stereocenters. The van der Waals surface area contributed by atoms with Crippen LogP contribution < -0.4 is 5.32 Å². The molecule has 0 atom stereocenters. The third kappa shape index (κ3) is 3.06. The van der Waals surface area contributed by atoms with E-state index in [9.17, 15) is 4.79 Å². The van der Waals surface area contributed by atoms with Crippen LogP contribution in [0.25, 0.3) is 0 Å². The van der Waals surface area contributed by atoms with Gasteiger partial charge in [0, 0.05) is 16.8 Å². The molecule has 2 heteroatoms. The van der Waals surface area contributed by atoms with E-state index in [1.807, 2.05) is 64.2 Å². The Morgan fingerprint density at radius 3 is 2.35 bits per heavy atom. The zero-order chi connectivity index (χ0) is 12.8. The van der Waals surface area contributed by atoms with E-state index in [4.69, 9.17) is 0 Å². The summed E-state index contributed by atoms with van der Waals surface area (Å²) in [5.41, 5.74) is 3.66. The summed E-state index contributed by atoms with van der Waals surface area (Å²) in [5, 5.41) is 2.86. The number of rotatable bonds is 2. The average molecular weight is 229 g/mol. The van der Waals surface area contributed by atoms with Crippen LogP contribution in [-0.4, -0.2) is 5.91 Å². The van der Waals surface area contributed by atoms with Crippen LogP contribution >= 0.6 is 0 Å². The first-order chi connectivity index (χ1) is 8.13. The fraction of sp³-hybridized carbons (Fsp3) is 0.267. The number of amides is 1. The van der Waals surface area contributed by atoms with Crippen LogP contribution in [0.15, 0.2) is 58.9 Å². The lowest BCUT2D eigenvalue weighted by atomic mass is 10.0. The molecule has 1 fully saturated rings. The van der Waals surface area contributed by atoms with Gasteiger partial charge in [0.1, 0.15) is 0 Å². The molecule has 2 nitrogen and oxygen atoms in total. The highest BCUT2D eigenvalue weighted by molar-refractivity contribution is 6.05. The van der Waals surface area contributed by atoms with Gasteiger partial charge in [0.15, 0.2) is 0 Å². The van der Waals surface area contributed by atoms with Crippen molar-refractivity contribution in [2.75, 3.05) is 0 Å². The zero-order valence-electron chi connectivity index (χ0n) is 10.9. The van der Waals surface area contributed by atoms with Gasteiger partial charge in [-0.3, -0.25) is 4.79 Å². The van der Waals surface area contributed by atoms with Gasteiger partial charge in [0.2, 0.25) is 0 Å². The van der Waals surface area contributed by atoms with Crippen molar-refractivity contribution in [3.63, 3.8) is 0 Å². The number of carbonyl (C=O) groups is 1. The Balaban J connectivity index is 3.13. The molecule has 1 rings (SSSR count). The lowest BCUT2D eigenvalue weighted by Gasteiger charge is -1.98. The van der Waals surface area contributed by atoms with Crippen LogP contribution in [0.1, 0.15) is 27.7 Å². The van der Waals surface area contributed by atoms with Gasteiger partial charge < -0.3 is 5.32 Å². The first-order valence-electron chi connectivity index (χ1n) is 5.80. The molecular formula is C15H19NO. The van der Waals surface area contributed by atoms with Crippen molar-refractivity contribution in [2.45, 2.75) is 27.7 Å². The van der Waals surface area contributed by atoms with Gasteiger partial charge in [-0.2, -0.15) is 0 Å². The Morgan fingerprint density at radius 2 is 1.82 bits per heavy atom.